The van der Waals surface area contributed by atoms with E-state index in [0.29, 0.717) is 19.6 Å². The van der Waals surface area contributed by atoms with Crippen molar-refractivity contribution >= 4 is 15.9 Å². The summed E-state index contributed by atoms with van der Waals surface area (Å²) < 4.78 is 46.5. The molecule has 0 aliphatic carbocycles. The molecule has 1 rings (SSSR count). The normalized spacial score (nSPS) is 11.7. The molecule has 20 heavy (non-hydrogen) atoms. The van der Waals surface area contributed by atoms with Crippen LogP contribution in [0, 0.1) is 0 Å². The summed E-state index contributed by atoms with van der Waals surface area (Å²) >= 11 is 3.38. The lowest BCUT2D eigenvalue weighted by molar-refractivity contribution is -0.174. The lowest BCUT2D eigenvalue weighted by Gasteiger charge is -2.12. The van der Waals surface area contributed by atoms with Crippen LogP contribution in [-0.4, -0.2) is 33.0 Å². The fourth-order valence-electron chi connectivity index (χ4n) is 1.55. The van der Waals surface area contributed by atoms with Gasteiger partial charge in [0.05, 0.1) is 13.2 Å². The number of nitrogens with one attached hydrogen (secondary N) is 1. The SMILES string of the molecule is CNCc1cc(Br)ccc1OCCCOCC(F)(F)F. The summed E-state index contributed by atoms with van der Waals surface area (Å²) in [5.41, 5.74) is 0.984. The van der Waals surface area contributed by atoms with E-state index in [1.54, 1.807) is 0 Å². The van der Waals surface area contributed by atoms with E-state index in [4.69, 9.17) is 4.74 Å². The van der Waals surface area contributed by atoms with Crippen LogP contribution in [0.4, 0.5) is 13.2 Å². The van der Waals surface area contributed by atoms with E-state index in [2.05, 4.69) is 26.0 Å². The molecule has 0 spiro atoms. The summed E-state index contributed by atoms with van der Waals surface area (Å²) in [6.45, 7) is -0.219. The van der Waals surface area contributed by atoms with Crippen LogP contribution in [-0.2, 0) is 11.3 Å². The third-order valence-corrected chi connectivity index (χ3v) is 2.84. The standard InChI is InChI=1S/C13H17BrF3NO2/c1-18-8-10-7-11(14)3-4-12(10)20-6-2-5-19-9-13(15,16)17/h3-4,7,18H,2,5-6,8-9H2,1H3. The molecule has 0 bridgehead atoms. The fourth-order valence-corrected chi connectivity index (χ4v) is 1.96. The largest absolute Gasteiger partial charge is 0.493 e. The van der Waals surface area contributed by atoms with Crippen LogP contribution >= 0.6 is 15.9 Å². The van der Waals surface area contributed by atoms with E-state index in [1.807, 2.05) is 25.2 Å². The maximum atomic E-state index is 11.8. The highest BCUT2D eigenvalue weighted by Gasteiger charge is 2.27. The lowest BCUT2D eigenvalue weighted by Crippen LogP contribution is -2.18. The van der Waals surface area contributed by atoms with Crippen molar-refractivity contribution in [3.8, 4) is 5.75 Å². The van der Waals surface area contributed by atoms with Gasteiger partial charge in [0.25, 0.3) is 0 Å². The number of hydrogen-bond acceptors (Lipinski definition) is 3. The Balaban J connectivity index is 2.31. The summed E-state index contributed by atoms with van der Waals surface area (Å²) in [5.74, 6) is 0.721. The zero-order chi connectivity index (χ0) is 15.0. The van der Waals surface area contributed by atoms with E-state index in [1.165, 1.54) is 0 Å². The number of benzene rings is 1. The van der Waals surface area contributed by atoms with Crippen molar-refractivity contribution in [2.75, 3.05) is 26.9 Å². The van der Waals surface area contributed by atoms with Crippen LogP contribution in [0.1, 0.15) is 12.0 Å². The smallest absolute Gasteiger partial charge is 0.411 e. The summed E-state index contributed by atoms with van der Waals surface area (Å²) in [4.78, 5) is 0. The van der Waals surface area contributed by atoms with Gasteiger partial charge in [-0.3, -0.25) is 0 Å². The van der Waals surface area contributed by atoms with Crippen LogP contribution in [0.3, 0.4) is 0 Å². The minimum Gasteiger partial charge on any atom is -0.493 e. The minimum absolute atomic E-state index is 0.0252. The molecule has 7 heteroatoms. The van der Waals surface area contributed by atoms with Crippen LogP contribution in [0.2, 0.25) is 0 Å². The van der Waals surface area contributed by atoms with E-state index in [-0.39, 0.29) is 6.61 Å². The molecule has 0 heterocycles. The molecule has 0 aromatic heterocycles. The molecular formula is C13H17BrF3NO2. The highest BCUT2D eigenvalue weighted by molar-refractivity contribution is 9.10. The first-order valence-corrected chi connectivity index (χ1v) is 6.92. The van der Waals surface area contributed by atoms with Crippen LogP contribution in [0.15, 0.2) is 22.7 Å². The summed E-state index contributed by atoms with van der Waals surface area (Å²) in [6.07, 6.45) is -3.86. The first kappa shape index (κ1) is 17.3. The predicted molar refractivity (Wildman–Crippen MR) is 73.9 cm³/mol. The Morgan fingerprint density at radius 1 is 1.25 bits per heavy atom. The molecule has 0 saturated heterocycles. The second-order valence-corrected chi connectivity index (χ2v) is 5.07. The first-order valence-electron chi connectivity index (χ1n) is 6.12. The molecule has 1 aromatic carbocycles. The Labute approximate surface area is 124 Å². The van der Waals surface area contributed by atoms with Crippen molar-refractivity contribution in [1.29, 1.82) is 0 Å². The number of alkyl halides is 3. The van der Waals surface area contributed by atoms with E-state index < -0.39 is 12.8 Å². The molecule has 0 saturated carbocycles. The second-order valence-electron chi connectivity index (χ2n) is 4.15. The van der Waals surface area contributed by atoms with Gasteiger partial charge in [-0.15, -0.1) is 0 Å². The molecule has 0 amide bonds. The summed E-state index contributed by atoms with van der Waals surface area (Å²) in [5, 5.41) is 3.03. The Bertz CT molecular complexity index is 413. The van der Waals surface area contributed by atoms with E-state index >= 15 is 0 Å². The second kappa shape index (κ2) is 8.49. The van der Waals surface area contributed by atoms with Gasteiger partial charge in [0.15, 0.2) is 0 Å². The van der Waals surface area contributed by atoms with Crippen molar-refractivity contribution in [1.82, 2.24) is 5.32 Å². The molecular weight excluding hydrogens is 339 g/mol. The average molecular weight is 356 g/mol. The number of hydrogen-bond donors (Lipinski definition) is 1. The zero-order valence-corrected chi connectivity index (χ0v) is 12.7. The Hall–Kier alpha value is -0.790. The predicted octanol–water partition coefficient (Wildman–Crippen LogP) is 3.52. The van der Waals surface area contributed by atoms with Crippen molar-refractivity contribution in [2.24, 2.45) is 0 Å². The third kappa shape index (κ3) is 7.12. The number of ether oxygens (including phenoxy) is 2. The van der Waals surface area contributed by atoms with Crippen LogP contribution in [0.5, 0.6) is 5.75 Å². The first-order chi connectivity index (χ1) is 9.42. The Morgan fingerprint density at radius 3 is 2.65 bits per heavy atom. The van der Waals surface area contributed by atoms with Gasteiger partial charge in [-0.2, -0.15) is 13.2 Å². The highest BCUT2D eigenvalue weighted by atomic mass is 79.9. The molecule has 114 valence electrons. The van der Waals surface area contributed by atoms with Gasteiger partial charge in [0.1, 0.15) is 12.4 Å². The van der Waals surface area contributed by atoms with Crippen molar-refractivity contribution in [2.45, 2.75) is 19.1 Å². The molecule has 1 N–H and O–H groups in total. The van der Waals surface area contributed by atoms with Crippen LogP contribution in [0.25, 0.3) is 0 Å². The fraction of sp³-hybridized carbons (Fsp3) is 0.538. The van der Waals surface area contributed by atoms with Gasteiger partial charge in [-0.1, -0.05) is 15.9 Å². The zero-order valence-electron chi connectivity index (χ0n) is 11.1. The molecule has 3 nitrogen and oxygen atoms in total. The summed E-state index contributed by atoms with van der Waals surface area (Å²) in [7, 11) is 1.83. The monoisotopic (exact) mass is 355 g/mol. The number of halogens is 4. The Kier molecular flexibility index (Phi) is 7.32. The van der Waals surface area contributed by atoms with Crippen molar-refractivity contribution < 1.29 is 22.6 Å². The van der Waals surface area contributed by atoms with Gasteiger partial charge in [-0.25, -0.2) is 0 Å². The molecule has 0 radical (unpaired) electrons. The molecule has 0 aliphatic heterocycles. The number of rotatable bonds is 8. The average Bonchev–Trinajstić information content (AvgIpc) is 2.35. The molecule has 0 unspecified atom stereocenters. The van der Waals surface area contributed by atoms with Gasteiger partial charge < -0.3 is 14.8 Å². The minimum atomic E-state index is -4.27. The highest BCUT2D eigenvalue weighted by Crippen LogP contribution is 2.23. The van der Waals surface area contributed by atoms with Crippen molar-refractivity contribution in [3.05, 3.63) is 28.2 Å². The van der Waals surface area contributed by atoms with Gasteiger partial charge in [-0.05, 0) is 25.2 Å². The van der Waals surface area contributed by atoms with Gasteiger partial charge in [0, 0.05) is 23.0 Å². The summed E-state index contributed by atoms with van der Waals surface area (Å²) in [6, 6.07) is 5.62. The van der Waals surface area contributed by atoms with E-state index in [9.17, 15) is 13.2 Å². The van der Waals surface area contributed by atoms with Gasteiger partial charge in [0.2, 0.25) is 0 Å². The lowest BCUT2D eigenvalue weighted by atomic mass is 10.2. The quantitative estimate of drug-likeness (QED) is 0.723. The van der Waals surface area contributed by atoms with Gasteiger partial charge >= 0.3 is 6.18 Å². The molecule has 0 fully saturated rings. The van der Waals surface area contributed by atoms with Crippen molar-refractivity contribution in [3.63, 3.8) is 0 Å². The Morgan fingerprint density at radius 2 is 2.00 bits per heavy atom. The molecule has 0 atom stereocenters. The maximum absolute atomic E-state index is 11.8. The third-order valence-electron chi connectivity index (χ3n) is 2.35. The van der Waals surface area contributed by atoms with Crippen LogP contribution < -0.4 is 10.1 Å². The topological polar surface area (TPSA) is 30.5 Å². The molecule has 0 aliphatic rings. The maximum Gasteiger partial charge on any atom is 0.411 e. The van der Waals surface area contributed by atoms with E-state index in [0.717, 1.165) is 15.8 Å². The molecule has 1 aromatic rings.